The summed E-state index contributed by atoms with van der Waals surface area (Å²) in [7, 11) is 0. The number of carbonyl (C=O) groups excluding carboxylic acids is 2. The number of hydrogen-bond donors (Lipinski definition) is 1. The van der Waals surface area contributed by atoms with Crippen LogP contribution in [0.15, 0.2) is 18.2 Å². The second-order valence-electron chi connectivity index (χ2n) is 4.53. The lowest BCUT2D eigenvalue weighted by atomic mass is 10.3. The van der Waals surface area contributed by atoms with Gasteiger partial charge >= 0.3 is 0 Å². The van der Waals surface area contributed by atoms with Gasteiger partial charge in [-0.05, 0) is 18.2 Å². The highest BCUT2D eigenvalue weighted by Crippen LogP contribution is 2.22. The first-order valence-corrected chi connectivity index (χ1v) is 7.01. The lowest BCUT2D eigenvalue weighted by Gasteiger charge is -2.32. The Bertz CT molecular complexity index is 482. The molecule has 1 aromatic rings. The third-order valence-corrected chi connectivity index (χ3v) is 3.56. The van der Waals surface area contributed by atoms with E-state index in [1.54, 1.807) is 28.0 Å². The quantitative estimate of drug-likeness (QED) is 0.861. The van der Waals surface area contributed by atoms with E-state index in [2.05, 4.69) is 5.32 Å². The van der Waals surface area contributed by atoms with E-state index in [1.165, 1.54) is 0 Å². The number of hydrogen-bond acceptors (Lipinski definition) is 3. The summed E-state index contributed by atoms with van der Waals surface area (Å²) >= 11 is 11.8. The summed E-state index contributed by atoms with van der Waals surface area (Å²) in [6, 6.07) is 5.06. The Labute approximate surface area is 127 Å². The van der Waals surface area contributed by atoms with Crippen molar-refractivity contribution in [2.45, 2.75) is 0 Å². The molecule has 2 rings (SSSR count). The molecule has 1 aliphatic heterocycles. The van der Waals surface area contributed by atoms with Crippen LogP contribution in [0.3, 0.4) is 0 Å². The van der Waals surface area contributed by atoms with Crippen LogP contribution >= 0.6 is 23.2 Å². The monoisotopic (exact) mass is 315 g/mol. The summed E-state index contributed by atoms with van der Waals surface area (Å²) in [4.78, 5) is 26.0. The summed E-state index contributed by atoms with van der Waals surface area (Å²) in [6.07, 6.45) is 0.814. The van der Waals surface area contributed by atoms with Crippen LogP contribution in [0, 0.1) is 0 Å². The number of rotatable bonds is 4. The van der Waals surface area contributed by atoms with Crippen LogP contribution in [0.5, 0.6) is 0 Å². The number of piperazine rings is 1. The SMILES string of the molecule is O=CN1CCN(C(=O)CNc2cc(Cl)cc(Cl)c2)CC1. The van der Waals surface area contributed by atoms with Gasteiger partial charge in [-0.25, -0.2) is 0 Å². The molecule has 1 N–H and O–H groups in total. The Hall–Kier alpha value is -1.46. The van der Waals surface area contributed by atoms with Crippen molar-refractivity contribution in [1.29, 1.82) is 0 Å². The maximum atomic E-state index is 12.0. The minimum Gasteiger partial charge on any atom is -0.376 e. The van der Waals surface area contributed by atoms with Gasteiger partial charge in [-0.2, -0.15) is 0 Å². The molecule has 1 aliphatic rings. The second kappa shape index (κ2) is 6.81. The van der Waals surface area contributed by atoms with Gasteiger partial charge < -0.3 is 15.1 Å². The minimum atomic E-state index is -0.00773. The van der Waals surface area contributed by atoms with Crippen molar-refractivity contribution in [3.63, 3.8) is 0 Å². The Kier molecular flexibility index (Phi) is 5.09. The number of nitrogens with one attached hydrogen (secondary N) is 1. The maximum absolute atomic E-state index is 12.0. The van der Waals surface area contributed by atoms with Crippen molar-refractivity contribution in [3.05, 3.63) is 28.2 Å². The highest BCUT2D eigenvalue weighted by Gasteiger charge is 2.19. The van der Waals surface area contributed by atoms with Crippen LogP contribution in [-0.4, -0.2) is 54.8 Å². The van der Waals surface area contributed by atoms with E-state index in [0.29, 0.717) is 41.9 Å². The van der Waals surface area contributed by atoms with E-state index >= 15 is 0 Å². The molecule has 0 unspecified atom stereocenters. The molecule has 1 saturated heterocycles. The van der Waals surface area contributed by atoms with Gasteiger partial charge in [-0.15, -0.1) is 0 Å². The first-order valence-electron chi connectivity index (χ1n) is 6.25. The minimum absolute atomic E-state index is 0.00773. The van der Waals surface area contributed by atoms with Gasteiger partial charge in [0.15, 0.2) is 0 Å². The van der Waals surface area contributed by atoms with Gasteiger partial charge in [0.05, 0.1) is 6.54 Å². The number of benzene rings is 1. The van der Waals surface area contributed by atoms with Crippen LogP contribution in [0.4, 0.5) is 5.69 Å². The smallest absolute Gasteiger partial charge is 0.241 e. The molecule has 0 aromatic heterocycles. The molecule has 0 bridgehead atoms. The van der Waals surface area contributed by atoms with Crippen LogP contribution in [0.25, 0.3) is 0 Å². The summed E-state index contributed by atoms with van der Waals surface area (Å²) in [5.41, 5.74) is 0.711. The van der Waals surface area contributed by atoms with Gasteiger partial charge in [0.2, 0.25) is 12.3 Å². The fourth-order valence-corrected chi connectivity index (χ4v) is 2.55. The predicted molar refractivity (Wildman–Crippen MR) is 79.2 cm³/mol. The zero-order valence-electron chi connectivity index (χ0n) is 10.8. The molecule has 0 radical (unpaired) electrons. The van der Waals surface area contributed by atoms with E-state index in [-0.39, 0.29) is 12.5 Å². The van der Waals surface area contributed by atoms with Crippen molar-refractivity contribution < 1.29 is 9.59 Å². The molecule has 7 heteroatoms. The van der Waals surface area contributed by atoms with Gasteiger partial charge in [0, 0.05) is 41.9 Å². The first-order chi connectivity index (χ1) is 9.58. The number of halogens is 2. The topological polar surface area (TPSA) is 52.7 Å². The van der Waals surface area contributed by atoms with Crippen LogP contribution in [-0.2, 0) is 9.59 Å². The van der Waals surface area contributed by atoms with E-state index in [0.717, 1.165) is 6.41 Å². The molecule has 0 saturated carbocycles. The van der Waals surface area contributed by atoms with E-state index in [4.69, 9.17) is 23.2 Å². The summed E-state index contributed by atoms with van der Waals surface area (Å²) < 4.78 is 0. The average molecular weight is 316 g/mol. The number of nitrogens with zero attached hydrogens (tertiary/aromatic N) is 2. The fraction of sp³-hybridized carbons (Fsp3) is 0.385. The normalized spacial score (nSPS) is 15.1. The molecule has 0 spiro atoms. The van der Waals surface area contributed by atoms with Crippen molar-refractivity contribution >= 4 is 41.2 Å². The van der Waals surface area contributed by atoms with Crippen LogP contribution in [0.1, 0.15) is 0 Å². The molecule has 108 valence electrons. The van der Waals surface area contributed by atoms with Crippen molar-refractivity contribution in [2.24, 2.45) is 0 Å². The van der Waals surface area contributed by atoms with Crippen molar-refractivity contribution in [1.82, 2.24) is 9.80 Å². The van der Waals surface area contributed by atoms with Crippen molar-refractivity contribution in [2.75, 3.05) is 38.0 Å². The van der Waals surface area contributed by atoms with Gasteiger partial charge in [-0.1, -0.05) is 23.2 Å². The van der Waals surface area contributed by atoms with Gasteiger partial charge in [0.1, 0.15) is 0 Å². The lowest BCUT2D eigenvalue weighted by molar-refractivity contribution is -0.133. The Balaban J connectivity index is 1.84. The van der Waals surface area contributed by atoms with E-state index in [1.807, 2.05) is 0 Å². The Morgan fingerprint density at radius 1 is 1.15 bits per heavy atom. The molecule has 1 heterocycles. The summed E-state index contributed by atoms with van der Waals surface area (Å²) in [5.74, 6) is -0.00773. The van der Waals surface area contributed by atoms with Crippen LogP contribution < -0.4 is 5.32 Å². The lowest BCUT2D eigenvalue weighted by Crippen LogP contribution is -2.49. The molecule has 2 amide bonds. The highest BCUT2D eigenvalue weighted by atomic mass is 35.5. The molecule has 0 aliphatic carbocycles. The van der Waals surface area contributed by atoms with Crippen molar-refractivity contribution in [3.8, 4) is 0 Å². The Morgan fingerprint density at radius 2 is 1.75 bits per heavy atom. The molecule has 20 heavy (non-hydrogen) atoms. The van der Waals surface area contributed by atoms with E-state index in [9.17, 15) is 9.59 Å². The predicted octanol–water partition coefficient (Wildman–Crippen LogP) is 1.71. The fourth-order valence-electron chi connectivity index (χ4n) is 2.02. The highest BCUT2D eigenvalue weighted by molar-refractivity contribution is 6.35. The standard InChI is InChI=1S/C13H15Cl2N3O2/c14-10-5-11(15)7-12(6-10)16-8-13(20)18-3-1-17(9-19)2-4-18/h5-7,9,16H,1-4,8H2. The zero-order chi connectivity index (χ0) is 14.5. The number of anilines is 1. The molecule has 1 aromatic carbocycles. The molecular formula is C13H15Cl2N3O2. The molecular weight excluding hydrogens is 301 g/mol. The van der Waals surface area contributed by atoms with Gasteiger partial charge in [0.25, 0.3) is 0 Å². The first kappa shape index (κ1) is 14.9. The van der Waals surface area contributed by atoms with Crippen LogP contribution in [0.2, 0.25) is 10.0 Å². The summed E-state index contributed by atoms with van der Waals surface area (Å²) in [5, 5.41) is 4.05. The molecule has 0 atom stereocenters. The second-order valence-corrected chi connectivity index (χ2v) is 5.41. The Morgan fingerprint density at radius 3 is 2.30 bits per heavy atom. The molecule has 1 fully saturated rings. The average Bonchev–Trinajstić information content (AvgIpc) is 2.44. The van der Waals surface area contributed by atoms with E-state index < -0.39 is 0 Å². The largest absolute Gasteiger partial charge is 0.376 e. The zero-order valence-corrected chi connectivity index (χ0v) is 12.3. The third kappa shape index (κ3) is 4.02. The molecule has 5 nitrogen and oxygen atoms in total. The maximum Gasteiger partial charge on any atom is 0.241 e. The number of carbonyl (C=O) groups is 2. The van der Waals surface area contributed by atoms with Gasteiger partial charge in [-0.3, -0.25) is 9.59 Å². The third-order valence-electron chi connectivity index (χ3n) is 3.12. The number of amides is 2. The summed E-state index contributed by atoms with van der Waals surface area (Å²) in [6.45, 7) is 2.47.